The molecule has 0 saturated heterocycles. The van der Waals surface area contributed by atoms with Gasteiger partial charge >= 0.3 is 0 Å². The van der Waals surface area contributed by atoms with Crippen molar-refractivity contribution in [3.63, 3.8) is 0 Å². The molecule has 26 heavy (non-hydrogen) atoms. The Morgan fingerprint density at radius 2 is 1.88 bits per heavy atom. The first-order valence-electron chi connectivity index (χ1n) is 8.73. The fourth-order valence-electron chi connectivity index (χ4n) is 2.72. The maximum atomic E-state index is 12.4. The Labute approximate surface area is 158 Å². The van der Waals surface area contributed by atoms with E-state index in [1.807, 2.05) is 48.0 Å². The Balaban J connectivity index is 1.58. The number of rotatable bonds is 7. The minimum atomic E-state index is -0.212. The number of nitrogens with one attached hydrogen (secondary N) is 1. The second-order valence-corrected chi connectivity index (χ2v) is 7.46. The van der Waals surface area contributed by atoms with E-state index in [1.165, 1.54) is 22.9 Å². The molecular weight excluding hydrogens is 342 g/mol. The smallest absolute Gasteiger partial charge is 0.233 e. The van der Waals surface area contributed by atoms with Crippen molar-refractivity contribution in [2.45, 2.75) is 30.7 Å². The molecule has 0 aliphatic heterocycles. The molecule has 0 spiro atoms. The van der Waals surface area contributed by atoms with Crippen molar-refractivity contribution >= 4 is 17.7 Å². The van der Waals surface area contributed by atoms with Crippen molar-refractivity contribution in [1.82, 2.24) is 14.9 Å². The number of hydrogen-bond acceptors (Lipinski definition) is 3. The van der Waals surface area contributed by atoms with Crippen molar-refractivity contribution < 1.29 is 4.79 Å². The third-order valence-electron chi connectivity index (χ3n) is 4.19. The van der Waals surface area contributed by atoms with Gasteiger partial charge in [0.05, 0.1) is 10.9 Å². The van der Waals surface area contributed by atoms with Crippen LogP contribution in [-0.4, -0.2) is 27.3 Å². The van der Waals surface area contributed by atoms with Crippen LogP contribution in [0, 0.1) is 6.92 Å². The molecular formula is C21H23N3OS. The number of thioether (sulfide) groups is 1. The molecule has 1 heterocycles. The van der Waals surface area contributed by atoms with Crippen LogP contribution >= 0.6 is 11.8 Å². The highest BCUT2D eigenvalue weighted by molar-refractivity contribution is 8.00. The van der Waals surface area contributed by atoms with E-state index in [1.54, 1.807) is 6.20 Å². The van der Waals surface area contributed by atoms with Crippen LogP contribution in [-0.2, 0) is 11.2 Å². The van der Waals surface area contributed by atoms with E-state index in [0.29, 0.717) is 6.54 Å². The molecule has 1 N–H and O–H groups in total. The number of nitrogens with zero attached hydrogens (tertiary/aromatic N) is 2. The summed E-state index contributed by atoms with van der Waals surface area (Å²) in [7, 11) is 0. The average Bonchev–Trinajstić information content (AvgIpc) is 3.10. The Kier molecular flexibility index (Phi) is 6.12. The summed E-state index contributed by atoms with van der Waals surface area (Å²) < 4.78 is 2.04. The van der Waals surface area contributed by atoms with E-state index in [0.717, 1.165) is 17.3 Å². The number of carbonyl (C=O) groups is 1. The number of benzene rings is 2. The zero-order chi connectivity index (χ0) is 18.4. The molecule has 134 valence electrons. The molecule has 3 aromatic rings. The average molecular weight is 366 g/mol. The first-order valence-corrected chi connectivity index (χ1v) is 9.61. The van der Waals surface area contributed by atoms with Crippen molar-refractivity contribution in [3.8, 4) is 5.69 Å². The lowest BCUT2D eigenvalue weighted by Gasteiger charge is -2.14. The van der Waals surface area contributed by atoms with E-state index >= 15 is 0 Å². The van der Waals surface area contributed by atoms with Crippen LogP contribution in [0.2, 0.25) is 0 Å². The molecule has 3 rings (SSSR count). The first-order chi connectivity index (χ1) is 12.6. The van der Waals surface area contributed by atoms with Crippen LogP contribution in [0.3, 0.4) is 0 Å². The van der Waals surface area contributed by atoms with Crippen LogP contribution < -0.4 is 5.32 Å². The number of amides is 1. The van der Waals surface area contributed by atoms with E-state index in [4.69, 9.17) is 0 Å². The van der Waals surface area contributed by atoms with Gasteiger partial charge < -0.3 is 5.32 Å². The minimum absolute atomic E-state index is 0.0327. The maximum Gasteiger partial charge on any atom is 0.233 e. The van der Waals surface area contributed by atoms with Crippen molar-refractivity contribution in [3.05, 3.63) is 78.1 Å². The largest absolute Gasteiger partial charge is 0.355 e. The third kappa shape index (κ3) is 4.55. The first kappa shape index (κ1) is 18.3. The molecule has 1 unspecified atom stereocenters. The topological polar surface area (TPSA) is 46.9 Å². The molecule has 0 saturated carbocycles. The molecule has 1 amide bonds. The molecule has 1 aromatic heterocycles. The number of para-hydroxylation sites is 1. The van der Waals surface area contributed by atoms with E-state index in [2.05, 4.69) is 41.5 Å². The van der Waals surface area contributed by atoms with Gasteiger partial charge in [0.25, 0.3) is 0 Å². The number of imidazole rings is 1. The summed E-state index contributed by atoms with van der Waals surface area (Å²) >= 11 is 1.47. The van der Waals surface area contributed by atoms with Crippen LogP contribution in [0.15, 0.2) is 72.1 Å². The lowest BCUT2D eigenvalue weighted by molar-refractivity contribution is -0.120. The Bertz CT molecular complexity index is 860. The summed E-state index contributed by atoms with van der Waals surface area (Å²) in [6, 6.07) is 18.3. The Morgan fingerprint density at radius 3 is 2.65 bits per heavy atom. The van der Waals surface area contributed by atoms with Gasteiger partial charge in [-0.1, -0.05) is 60.3 Å². The van der Waals surface area contributed by atoms with Gasteiger partial charge in [0, 0.05) is 18.9 Å². The lowest BCUT2D eigenvalue weighted by atomic mass is 10.1. The standard InChI is InChI=1S/C21H23N3OS/c1-16-8-6-7-11-19(16)24-15-14-23-21(24)26-17(2)20(25)22-13-12-18-9-4-3-5-10-18/h3-11,14-15,17H,12-13H2,1-2H3,(H,22,25). The van der Waals surface area contributed by atoms with Gasteiger partial charge in [0.15, 0.2) is 5.16 Å². The molecule has 2 aromatic carbocycles. The Morgan fingerprint density at radius 1 is 1.15 bits per heavy atom. The molecule has 0 fully saturated rings. The van der Waals surface area contributed by atoms with Crippen molar-refractivity contribution in [2.75, 3.05) is 6.54 Å². The Hall–Kier alpha value is -2.53. The molecule has 0 aliphatic rings. The molecule has 0 aliphatic carbocycles. The normalized spacial score (nSPS) is 11.9. The minimum Gasteiger partial charge on any atom is -0.355 e. The van der Waals surface area contributed by atoms with Crippen LogP contribution in [0.4, 0.5) is 0 Å². The number of hydrogen-bond donors (Lipinski definition) is 1. The van der Waals surface area contributed by atoms with E-state index in [9.17, 15) is 4.79 Å². The summed E-state index contributed by atoms with van der Waals surface area (Å²) in [6.45, 7) is 4.63. The van der Waals surface area contributed by atoms with Gasteiger partial charge in [-0.2, -0.15) is 0 Å². The van der Waals surface area contributed by atoms with Gasteiger partial charge in [-0.25, -0.2) is 4.98 Å². The highest BCUT2D eigenvalue weighted by atomic mass is 32.2. The van der Waals surface area contributed by atoms with Gasteiger partial charge in [-0.3, -0.25) is 9.36 Å². The van der Waals surface area contributed by atoms with Crippen LogP contribution in [0.1, 0.15) is 18.1 Å². The maximum absolute atomic E-state index is 12.4. The highest BCUT2D eigenvalue weighted by Crippen LogP contribution is 2.25. The van der Waals surface area contributed by atoms with Crippen LogP contribution in [0.5, 0.6) is 0 Å². The summed E-state index contributed by atoms with van der Waals surface area (Å²) in [6.07, 6.45) is 4.54. The zero-order valence-electron chi connectivity index (χ0n) is 15.1. The predicted molar refractivity (Wildman–Crippen MR) is 107 cm³/mol. The molecule has 1 atom stereocenters. The third-order valence-corrected chi connectivity index (χ3v) is 5.27. The highest BCUT2D eigenvalue weighted by Gasteiger charge is 2.17. The second kappa shape index (κ2) is 8.72. The SMILES string of the molecule is Cc1ccccc1-n1ccnc1SC(C)C(=O)NCCc1ccccc1. The number of carbonyl (C=O) groups excluding carboxylic acids is 1. The van der Waals surface area contributed by atoms with Crippen molar-refractivity contribution in [2.24, 2.45) is 0 Å². The van der Waals surface area contributed by atoms with E-state index in [-0.39, 0.29) is 11.2 Å². The number of aryl methyl sites for hydroxylation is 1. The summed E-state index contributed by atoms with van der Waals surface area (Å²) in [5, 5.41) is 3.63. The molecule has 0 bridgehead atoms. The molecule has 4 nitrogen and oxygen atoms in total. The predicted octanol–water partition coefficient (Wildman–Crippen LogP) is 4.02. The van der Waals surface area contributed by atoms with Crippen LogP contribution in [0.25, 0.3) is 5.69 Å². The zero-order valence-corrected chi connectivity index (χ0v) is 15.9. The van der Waals surface area contributed by atoms with Crippen molar-refractivity contribution in [1.29, 1.82) is 0 Å². The van der Waals surface area contributed by atoms with Gasteiger partial charge in [-0.05, 0) is 37.5 Å². The fourth-order valence-corrected chi connectivity index (χ4v) is 3.63. The van der Waals surface area contributed by atoms with Gasteiger partial charge in [0.2, 0.25) is 5.91 Å². The summed E-state index contributed by atoms with van der Waals surface area (Å²) in [5.41, 5.74) is 3.49. The fraction of sp³-hybridized carbons (Fsp3) is 0.238. The van der Waals surface area contributed by atoms with Gasteiger partial charge in [-0.15, -0.1) is 0 Å². The van der Waals surface area contributed by atoms with Gasteiger partial charge in [0.1, 0.15) is 0 Å². The monoisotopic (exact) mass is 365 g/mol. The van der Waals surface area contributed by atoms with E-state index < -0.39 is 0 Å². The molecule has 0 radical (unpaired) electrons. The second-order valence-electron chi connectivity index (χ2n) is 6.15. The summed E-state index contributed by atoms with van der Waals surface area (Å²) in [4.78, 5) is 16.8. The number of aromatic nitrogens is 2. The summed E-state index contributed by atoms with van der Waals surface area (Å²) in [5.74, 6) is 0.0327. The molecule has 5 heteroatoms. The quantitative estimate of drug-likeness (QED) is 0.643. The lowest BCUT2D eigenvalue weighted by Crippen LogP contribution is -2.32.